The fraction of sp³-hybridized carbons (Fsp3) is 0.667. The lowest BCUT2D eigenvalue weighted by atomic mass is 10.3. The maximum atomic E-state index is 5.92. The summed E-state index contributed by atoms with van der Waals surface area (Å²) in [6, 6.07) is 0.337. The summed E-state index contributed by atoms with van der Waals surface area (Å²) in [6.07, 6.45) is 2.51. The summed E-state index contributed by atoms with van der Waals surface area (Å²) in [5.41, 5.74) is 7.07. The van der Waals surface area contributed by atoms with Crippen LogP contribution < -0.4 is 5.73 Å². The van der Waals surface area contributed by atoms with Crippen LogP contribution in [0.25, 0.3) is 0 Å². The average molecular weight is 244 g/mol. The summed E-state index contributed by atoms with van der Waals surface area (Å²) in [7, 11) is 0. The highest BCUT2D eigenvalue weighted by atomic mass is 79.9. The molecule has 1 saturated carbocycles. The van der Waals surface area contributed by atoms with Crippen LogP contribution in [0.2, 0.25) is 0 Å². The fourth-order valence-corrected chi connectivity index (χ4v) is 2.04. The van der Waals surface area contributed by atoms with Gasteiger partial charge in [-0.2, -0.15) is 5.10 Å². The van der Waals surface area contributed by atoms with Crippen molar-refractivity contribution < 1.29 is 0 Å². The van der Waals surface area contributed by atoms with E-state index in [0.717, 1.165) is 16.0 Å². The second-order valence-electron chi connectivity index (χ2n) is 3.90. The smallest absolute Gasteiger partial charge is 0.136 e. The molecule has 0 aromatic carbocycles. The van der Waals surface area contributed by atoms with Crippen molar-refractivity contribution in [2.45, 2.75) is 38.6 Å². The van der Waals surface area contributed by atoms with Gasteiger partial charge in [0.15, 0.2) is 0 Å². The van der Waals surface area contributed by atoms with Crippen molar-refractivity contribution in [3.05, 3.63) is 10.2 Å². The molecule has 0 saturated heterocycles. The van der Waals surface area contributed by atoms with Gasteiger partial charge in [-0.15, -0.1) is 0 Å². The molecule has 3 nitrogen and oxygen atoms in total. The highest BCUT2D eigenvalue weighted by Crippen LogP contribution is 2.44. The van der Waals surface area contributed by atoms with E-state index < -0.39 is 0 Å². The van der Waals surface area contributed by atoms with E-state index >= 15 is 0 Å². The molecule has 0 radical (unpaired) electrons. The van der Waals surface area contributed by atoms with E-state index in [-0.39, 0.29) is 0 Å². The highest BCUT2D eigenvalue weighted by molar-refractivity contribution is 9.10. The zero-order valence-electron chi connectivity index (χ0n) is 7.92. The molecular formula is C9H14BrN3. The molecular weight excluding hydrogens is 230 g/mol. The minimum absolute atomic E-state index is 0.337. The predicted molar refractivity (Wildman–Crippen MR) is 56.7 cm³/mol. The van der Waals surface area contributed by atoms with Gasteiger partial charge in [-0.3, -0.25) is 0 Å². The molecule has 1 aromatic heterocycles. The van der Waals surface area contributed by atoms with Gasteiger partial charge in [-0.1, -0.05) is 0 Å². The number of anilines is 1. The van der Waals surface area contributed by atoms with Gasteiger partial charge in [-0.05, 0) is 42.6 Å². The van der Waals surface area contributed by atoms with Crippen LogP contribution in [0.15, 0.2) is 4.47 Å². The average Bonchev–Trinajstić information content (AvgIpc) is 2.83. The largest absolute Gasteiger partial charge is 0.383 e. The monoisotopic (exact) mass is 243 g/mol. The Morgan fingerprint density at radius 2 is 2.15 bits per heavy atom. The Kier molecular flexibility index (Phi) is 2.10. The number of nitrogens with zero attached hydrogens (tertiary/aromatic N) is 2. The van der Waals surface area contributed by atoms with Gasteiger partial charge in [0.2, 0.25) is 0 Å². The summed E-state index contributed by atoms with van der Waals surface area (Å²) in [6.45, 7) is 4.18. The second kappa shape index (κ2) is 3.01. The molecule has 2 rings (SSSR count). The van der Waals surface area contributed by atoms with Crippen molar-refractivity contribution in [3.63, 3.8) is 0 Å². The molecule has 1 fully saturated rings. The van der Waals surface area contributed by atoms with Crippen molar-refractivity contribution >= 4 is 21.7 Å². The van der Waals surface area contributed by atoms with E-state index in [0.29, 0.717) is 12.0 Å². The molecule has 1 aliphatic carbocycles. The van der Waals surface area contributed by atoms with Crippen LogP contribution in [-0.4, -0.2) is 9.78 Å². The van der Waals surface area contributed by atoms with Crippen LogP contribution >= 0.6 is 15.9 Å². The summed E-state index contributed by atoms with van der Waals surface area (Å²) >= 11 is 3.50. The molecule has 4 heteroatoms. The first kappa shape index (κ1) is 9.06. The van der Waals surface area contributed by atoms with Gasteiger partial charge in [0.25, 0.3) is 0 Å². The number of nitrogen functional groups attached to an aromatic ring is 1. The Balaban J connectivity index is 2.42. The molecule has 1 aliphatic rings. The number of hydrogen-bond acceptors (Lipinski definition) is 2. The number of halogens is 1. The highest BCUT2D eigenvalue weighted by Gasteiger charge is 2.30. The standard InChI is InChI=1S/C9H14BrN3/c1-5(2)13-9(11)7(10)8(12-13)6-3-4-6/h5-6H,3-4,11H2,1-2H3. The third kappa shape index (κ3) is 1.47. The molecule has 72 valence electrons. The first-order valence-corrected chi connectivity index (χ1v) is 5.44. The van der Waals surface area contributed by atoms with Crippen molar-refractivity contribution in [2.75, 3.05) is 5.73 Å². The van der Waals surface area contributed by atoms with Crippen molar-refractivity contribution in [3.8, 4) is 0 Å². The molecule has 0 atom stereocenters. The maximum absolute atomic E-state index is 5.92. The normalized spacial score (nSPS) is 16.9. The topological polar surface area (TPSA) is 43.8 Å². The van der Waals surface area contributed by atoms with E-state index in [2.05, 4.69) is 34.9 Å². The minimum Gasteiger partial charge on any atom is -0.383 e. The van der Waals surface area contributed by atoms with E-state index in [1.165, 1.54) is 12.8 Å². The van der Waals surface area contributed by atoms with E-state index in [9.17, 15) is 0 Å². The van der Waals surface area contributed by atoms with Gasteiger partial charge in [0, 0.05) is 12.0 Å². The van der Waals surface area contributed by atoms with Gasteiger partial charge >= 0.3 is 0 Å². The van der Waals surface area contributed by atoms with E-state index in [4.69, 9.17) is 5.73 Å². The first-order chi connectivity index (χ1) is 6.11. The molecule has 0 amide bonds. The van der Waals surface area contributed by atoms with Crippen LogP contribution in [0.5, 0.6) is 0 Å². The maximum Gasteiger partial charge on any atom is 0.136 e. The van der Waals surface area contributed by atoms with Crippen molar-refractivity contribution in [2.24, 2.45) is 0 Å². The fourth-order valence-electron chi connectivity index (χ4n) is 1.46. The second-order valence-corrected chi connectivity index (χ2v) is 4.69. The van der Waals surface area contributed by atoms with Crippen LogP contribution in [-0.2, 0) is 0 Å². The third-order valence-corrected chi connectivity index (χ3v) is 3.18. The molecule has 1 aromatic rings. The van der Waals surface area contributed by atoms with Crippen LogP contribution in [0.3, 0.4) is 0 Å². The minimum atomic E-state index is 0.337. The Morgan fingerprint density at radius 1 is 1.54 bits per heavy atom. The lowest BCUT2D eigenvalue weighted by molar-refractivity contribution is 0.534. The summed E-state index contributed by atoms with van der Waals surface area (Å²) in [5.74, 6) is 1.41. The van der Waals surface area contributed by atoms with Crippen LogP contribution in [0, 0.1) is 0 Å². The molecule has 0 bridgehead atoms. The molecule has 0 unspecified atom stereocenters. The van der Waals surface area contributed by atoms with Gasteiger partial charge in [-0.25, -0.2) is 4.68 Å². The number of aromatic nitrogens is 2. The molecule has 0 aliphatic heterocycles. The summed E-state index contributed by atoms with van der Waals surface area (Å²) in [4.78, 5) is 0. The van der Waals surface area contributed by atoms with Gasteiger partial charge in [0.1, 0.15) is 5.82 Å². The SMILES string of the molecule is CC(C)n1nc(C2CC2)c(Br)c1N. The number of hydrogen-bond donors (Lipinski definition) is 1. The molecule has 1 heterocycles. The lowest BCUT2D eigenvalue weighted by Gasteiger charge is -2.06. The zero-order chi connectivity index (χ0) is 9.59. The van der Waals surface area contributed by atoms with E-state index in [1.807, 2.05) is 4.68 Å². The van der Waals surface area contributed by atoms with Gasteiger partial charge < -0.3 is 5.73 Å². The number of nitrogens with two attached hydrogens (primary N) is 1. The Labute approximate surface area is 86.4 Å². The Morgan fingerprint density at radius 3 is 2.54 bits per heavy atom. The Bertz CT molecular complexity index is 303. The van der Waals surface area contributed by atoms with Crippen LogP contribution in [0.4, 0.5) is 5.82 Å². The molecule has 13 heavy (non-hydrogen) atoms. The summed E-state index contributed by atoms with van der Waals surface area (Å²) < 4.78 is 2.89. The quantitative estimate of drug-likeness (QED) is 0.869. The molecule has 0 spiro atoms. The Hall–Kier alpha value is -0.510. The molecule has 2 N–H and O–H groups in total. The third-order valence-electron chi connectivity index (χ3n) is 2.37. The van der Waals surface area contributed by atoms with Gasteiger partial charge in [0.05, 0.1) is 10.2 Å². The van der Waals surface area contributed by atoms with Crippen molar-refractivity contribution in [1.29, 1.82) is 0 Å². The van der Waals surface area contributed by atoms with Crippen LogP contribution in [0.1, 0.15) is 44.3 Å². The predicted octanol–water partition coefficient (Wildman–Crippen LogP) is 2.69. The zero-order valence-corrected chi connectivity index (χ0v) is 9.50. The number of rotatable bonds is 2. The van der Waals surface area contributed by atoms with Crippen molar-refractivity contribution in [1.82, 2.24) is 9.78 Å². The van der Waals surface area contributed by atoms with E-state index in [1.54, 1.807) is 0 Å². The summed E-state index contributed by atoms with van der Waals surface area (Å²) in [5, 5.41) is 4.52. The lowest BCUT2D eigenvalue weighted by Crippen LogP contribution is -2.06. The first-order valence-electron chi connectivity index (χ1n) is 4.64.